The molecule has 0 bridgehead atoms. The molecule has 1 aliphatic heterocycles. The molecule has 0 fully saturated rings. The van der Waals surface area contributed by atoms with Gasteiger partial charge in [0.05, 0.1) is 11.4 Å². The quantitative estimate of drug-likeness (QED) is 0.669. The second-order valence-electron chi connectivity index (χ2n) is 4.64. The van der Waals surface area contributed by atoms with Crippen molar-refractivity contribution in [2.24, 2.45) is 21.1 Å². The lowest BCUT2D eigenvalue weighted by molar-refractivity contribution is -0.126. The number of benzene rings is 1. The summed E-state index contributed by atoms with van der Waals surface area (Å²) in [5.41, 5.74) is 8.82. The summed E-state index contributed by atoms with van der Waals surface area (Å²) in [7, 11) is 0. The first-order chi connectivity index (χ1) is 9.40. The average Bonchev–Trinajstić information content (AvgIpc) is 2.65. The van der Waals surface area contributed by atoms with Crippen molar-refractivity contribution in [3.8, 4) is 0 Å². The van der Waals surface area contributed by atoms with Gasteiger partial charge in [-0.15, -0.1) is 0 Å². The number of hydrogen-bond donors (Lipinski definition) is 1. The number of rotatable bonds is 2. The fraction of sp³-hybridized carbons (Fsp3) is 0.308. The van der Waals surface area contributed by atoms with E-state index in [0.717, 1.165) is 21.8 Å². The molecule has 1 aliphatic rings. The minimum absolute atomic E-state index is 0.0847. The van der Waals surface area contributed by atoms with Crippen molar-refractivity contribution >= 4 is 34.6 Å². The van der Waals surface area contributed by atoms with Crippen LogP contribution < -0.4 is 5.73 Å². The van der Waals surface area contributed by atoms with Gasteiger partial charge in [0.15, 0.2) is 11.2 Å². The smallest absolute Gasteiger partial charge is 0.282 e. The van der Waals surface area contributed by atoms with Gasteiger partial charge in [0.1, 0.15) is 0 Å². The van der Waals surface area contributed by atoms with E-state index in [1.54, 1.807) is 6.92 Å². The van der Waals surface area contributed by atoms with Crippen molar-refractivity contribution in [2.45, 2.75) is 26.8 Å². The molecule has 7 heteroatoms. The molecule has 0 unspecified atom stereocenters. The first-order valence-electron chi connectivity index (χ1n) is 6.06. The maximum Gasteiger partial charge on any atom is 0.282 e. The van der Waals surface area contributed by atoms with E-state index in [9.17, 15) is 4.79 Å². The van der Waals surface area contributed by atoms with Gasteiger partial charge in [0.2, 0.25) is 0 Å². The van der Waals surface area contributed by atoms with Gasteiger partial charge in [0.25, 0.3) is 5.91 Å². The molecular formula is C13H15N5OS. The summed E-state index contributed by atoms with van der Waals surface area (Å²) in [6, 6.07) is 5.07. The molecule has 1 amide bonds. The van der Waals surface area contributed by atoms with Crippen LogP contribution in [0.15, 0.2) is 33.5 Å². The van der Waals surface area contributed by atoms with E-state index < -0.39 is 6.04 Å². The Hall–Kier alpha value is -2.15. The number of azo groups is 1. The van der Waals surface area contributed by atoms with Gasteiger partial charge in [-0.25, -0.2) is 0 Å². The summed E-state index contributed by atoms with van der Waals surface area (Å²) < 4.78 is 0. The van der Waals surface area contributed by atoms with Crippen LogP contribution in [0.1, 0.15) is 18.1 Å². The molecule has 0 spiro atoms. The minimum atomic E-state index is -0.753. The van der Waals surface area contributed by atoms with Crippen LogP contribution in [-0.2, 0) is 4.79 Å². The number of carbonyl (C=O) groups is 1. The normalized spacial score (nSPS) is 18.8. The van der Waals surface area contributed by atoms with Crippen LogP contribution in [0.5, 0.6) is 0 Å². The molecule has 1 aromatic carbocycles. The molecule has 0 saturated heterocycles. The Labute approximate surface area is 122 Å². The summed E-state index contributed by atoms with van der Waals surface area (Å²) in [5, 5.41) is 13.1. The molecule has 1 atom stereocenters. The monoisotopic (exact) mass is 289 g/mol. The summed E-state index contributed by atoms with van der Waals surface area (Å²) in [4.78, 5) is 12.0. The van der Waals surface area contributed by atoms with Gasteiger partial charge in [-0.3, -0.25) is 4.79 Å². The molecule has 104 valence electrons. The maximum absolute atomic E-state index is 12.0. The molecular weight excluding hydrogens is 274 g/mol. The zero-order valence-corrected chi connectivity index (χ0v) is 12.3. The van der Waals surface area contributed by atoms with Crippen molar-refractivity contribution in [1.29, 1.82) is 0 Å². The number of hydrazone groups is 1. The van der Waals surface area contributed by atoms with Gasteiger partial charge >= 0.3 is 0 Å². The number of nitrogens with zero attached hydrogens (tertiary/aromatic N) is 4. The zero-order valence-electron chi connectivity index (χ0n) is 11.5. The molecule has 0 saturated carbocycles. The van der Waals surface area contributed by atoms with Crippen LogP contribution in [0.3, 0.4) is 0 Å². The fourth-order valence-corrected chi connectivity index (χ4v) is 2.02. The fourth-order valence-electron chi connectivity index (χ4n) is 1.88. The molecule has 2 rings (SSSR count). The lowest BCUT2D eigenvalue weighted by Gasteiger charge is -2.08. The highest BCUT2D eigenvalue weighted by molar-refractivity contribution is 7.80. The topological polar surface area (TPSA) is 83.4 Å². The summed E-state index contributed by atoms with van der Waals surface area (Å²) in [6.07, 6.45) is 0. The zero-order chi connectivity index (χ0) is 14.9. The SMILES string of the molecule is CC1=NN(C(N)=S)C(=O)[C@@H]1N=Nc1ccc(C)cc1C. The van der Waals surface area contributed by atoms with E-state index in [4.69, 9.17) is 18.0 Å². The predicted molar refractivity (Wildman–Crippen MR) is 81.0 cm³/mol. The van der Waals surface area contributed by atoms with Crippen molar-refractivity contribution in [3.63, 3.8) is 0 Å². The van der Waals surface area contributed by atoms with Gasteiger partial charge in [-0.2, -0.15) is 20.3 Å². The Morgan fingerprint density at radius 3 is 2.65 bits per heavy atom. The van der Waals surface area contributed by atoms with E-state index in [2.05, 4.69) is 15.3 Å². The Morgan fingerprint density at radius 2 is 2.10 bits per heavy atom. The molecule has 20 heavy (non-hydrogen) atoms. The Balaban J connectivity index is 2.22. The molecule has 2 N–H and O–H groups in total. The van der Waals surface area contributed by atoms with Gasteiger partial charge < -0.3 is 5.73 Å². The van der Waals surface area contributed by atoms with E-state index in [-0.39, 0.29) is 11.0 Å². The third-order valence-electron chi connectivity index (χ3n) is 2.94. The molecule has 0 radical (unpaired) electrons. The van der Waals surface area contributed by atoms with Gasteiger partial charge in [0, 0.05) is 0 Å². The molecule has 0 aliphatic carbocycles. The highest BCUT2D eigenvalue weighted by Crippen LogP contribution is 2.21. The Bertz CT molecular complexity index is 638. The van der Waals surface area contributed by atoms with Crippen molar-refractivity contribution in [3.05, 3.63) is 29.3 Å². The van der Waals surface area contributed by atoms with Crippen LogP contribution in [0, 0.1) is 13.8 Å². The first-order valence-corrected chi connectivity index (χ1v) is 6.47. The second-order valence-corrected chi connectivity index (χ2v) is 5.06. The predicted octanol–water partition coefficient (Wildman–Crippen LogP) is 2.22. The first kappa shape index (κ1) is 14.3. The molecule has 0 aromatic heterocycles. The number of amides is 1. The highest BCUT2D eigenvalue weighted by atomic mass is 32.1. The van der Waals surface area contributed by atoms with Gasteiger partial charge in [-0.1, -0.05) is 17.7 Å². The van der Waals surface area contributed by atoms with Crippen LogP contribution in [0.2, 0.25) is 0 Å². The number of aryl methyl sites for hydroxylation is 2. The number of hydrogen-bond acceptors (Lipinski definition) is 5. The van der Waals surface area contributed by atoms with Crippen LogP contribution in [0.25, 0.3) is 0 Å². The summed E-state index contributed by atoms with van der Waals surface area (Å²) >= 11 is 4.75. The van der Waals surface area contributed by atoms with Gasteiger partial charge in [-0.05, 0) is 44.6 Å². The summed E-state index contributed by atoms with van der Waals surface area (Å²) in [5.74, 6) is -0.372. The van der Waals surface area contributed by atoms with Crippen molar-refractivity contribution in [2.75, 3.05) is 0 Å². The van der Waals surface area contributed by atoms with Crippen LogP contribution in [-0.4, -0.2) is 27.8 Å². The van der Waals surface area contributed by atoms with Crippen molar-refractivity contribution in [1.82, 2.24) is 5.01 Å². The lowest BCUT2D eigenvalue weighted by Crippen LogP contribution is -2.37. The minimum Gasteiger partial charge on any atom is -0.374 e. The molecule has 6 nitrogen and oxygen atoms in total. The lowest BCUT2D eigenvalue weighted by atomic mass is 10.1. The van der Waals surface area contributed by atoms with Crippen LogP contribution in [0.4, 0.5) is 5.69 Å². The number of carbonyl (C=O) groups excluding carboxylic acids is 1. The third kappa shape index (κ3) is 2.72. The van der Waals surface area contributed by atoms with E-state index >= 15 is 0 Å². The highest BCUT2D eigenvalue weighted by Gasteiger charge is 2.35. The van der Waals surface area contributed by atoms with E-state index in [1.807, 2.05) is 32.0 Å². The third-order valence-corrected chi connectivity index (χ3v) is 3.11. The number of thiocarbonyl (C=S) groups is 1. The van der Waals surface area contributed by atoms with E-state index in [1.165, 1.54) is 0 Å². The summed E-state index contributed by atoms with van der Waals surface area (Å²) in [6.45, 7) is 5.65. The number of nitrogens with two attached hydrogens (primary N) is 1. The van der Waals surface area contributed by atoms with Crippen LogP contribution >= 0.6 is 12.2 Å². The Kier molecular flexibility index (Phi) is 3.89. The largest absolute Gasteiger partial charge is 0.374 e. The standard InChI is InChI=1S/C13H15N5OS/c1-7-4-5-10(8(2)6-7)15-16-11-9(3)17-18(12(11)19)13(14)20/h4-6,11H,1-3H3,(H2,14,20)/t11-/m1/s1. The molecule has 1 heterocycles. The van der Waals surface area contributed by atoms with Crippen molar-refractivity contribution < 1.29 is 4.79 Å². The average molecular weight is 289 g/mol. The molecule has 1 aromatic rings. The van der Waals surface area contributed by atoms with E-state index in [0.29, 0.717) is 5.71 Å². The second kappa shape index (κ2) is 5.46. The maximum atomic E-state index is 12.0. The Morgan fingerprint density at radius 1 is 1.40 bits per heavy atom.